The summed E-state index contributed by atoms with van der Waals surface area (Å²) >= 11 is 12.6. The molecule has 7 heteroatoms. The van der Waals surface area contributed by atoms with Gasteiger partial charge in [-0.1, -0.05) is 67.4 Å². The third kappa shape index (κ3) is 5.09. The van der Waals surface area contributed by atoms with Crippen molar-refractivity contribution < 1.29 is 19.1 Å². The Morgan fingerprint density at radius 2 is 1.71 bits per heavy atom. The Hall–Kier alpha value is -3.54. The highest BCUT2D eigenvalue weighted by molar-refractivity contribution is 6.37. The van der Waals surface area contributed by atoms with Gasteiger partial charge in [0.25, 0.3) is 0 Å². The molecule has 38 heavy (non-hydrogen) atoms. The molecule has 194 valence electrons. The van der Waals surface area contributed by atoms with Crippen molar-refractivity contribution in [1.29, 1.82) is 0 Å². The van der Waals surface area contributed by atoms with Crippen molar-refractivity contribution in [2.24, 2.45) is 5.41 Å². The highest BCUT2D eigenvalue weighted by Crippen LogP contribution is 2.50. The van der Waals surface area contributed by atoms with Gasteiger partial charge in [-0.15, -0.1) is 0 Å². The van der Waals surface area contributed by atoms with E-state index < -0.39 is 5.92 Å². The van der Waals surface area contributed by atoms with Gasteiger partial charge in [0.15, 0.2) is 11.6 Å². The summed E-state index contributed by atoms with van der Waals surface area (Å²) in [5, 5.41) is 3.95. The quantitative estimate of drug-likeness (QED) is 0.317. The molecule has 0 spiro atoms. The molecule has 0 saturated heterocycles. The number of hydrogen-bond acceptors (Lipinski definition) is 5. The number of ketones is 2. The van der Waals surface area contributed by atoms with Crippen LogP contribution in [0.2, 0.25) is 10.0 Å². The third-order valence-corrected chi connectivity index (χ3v) is 7.38. The van der Waals surface area contributed by atoms with Crippen LogP contribution in [0.25, 0.3) is 0 Å². The van der Waals surface area contributed by atoms with E-state index in [4.69, 9.17) is 32.7 Å². The minimum Gasteiger partial charge on any atom is -0.497 e. The number of methoxy groups -OCH3 is 1. The number of hydrogen-bond donors (Lipinski definition) is 1. The van der Waals surface area contributed by atoms with Gasteiger partial charge in [-0.3, -0.25) is 9.59 Å². The Labute approximate surface area is 232 Å². The SMILES string of the molecule is COc1ccc(C2C3=C(CC(C)(C)CC3=O)OC(Nc3ccccc3)=C2C(=O)c2ccc(Cl)cc2Cl)cc1. The van der Waals surface area contributed by atoms with E-state index in [0.717, 1.165) is 11.3 Å². The van der Waals surface area contributed by atoms with E-state index in [-0.39, 0.29) is 33.5 Å². The van der Waals surface area contributed by atoms with E-state index in [1.54, 1.807) is 19.2 Å². The molecule has 2 aliphatic rings. The van der Waals surface area contributed by atoms with E-state index in [0.29, 0.717) is 40.5 Å². The van der Waals surface area contributed by atoms with Crippen LogP contribution in [0, 0.1) is 5.41 Å². The van der Waals surface area contributed by atoms with Crippen LogP contribution in [0.3, 0.4) is 0 Å². The number of rotatable bonds is 6. The second kappa shape index (κ2) is 10.3. The van der Waals surface area contributed by atoms with Crippen LogP contribution in [-0.2, 0) is 9.53 Å². The first-order chi connectivity index (χ1) is 18.2. The molecule has 0 fully saturated rings. The number of ether oxygens (including phenoxy) is 2. The molecule has 0 aromatic heterocycles. The van der Waals surface area contributed by atoms with Gasteiger partial charge in [0.1, 0.15) is 11.5 Å². The predicted molar refractivity (Wildman–Crippen MR) is 150 cm³/mol. The number of anilines is 1. The molecule has 0 amide bonds. The fourth-order valence-electron chi connectivity index (χ4n) is 5.07. The Bertz CT molecular complexity index is 1470. The standard InChI is InChI=1S/C31H27Cl2NO4/c1-31(2)16-24(35)27-25(17-31)38-30(34-20-7-5-4-6-8-20)28(26(27)18-9-12-21(37-3)13-10-18)29(36)22-14-11-19(32)15-23(22)33/h4-15,26,34H,16-17H2,1-3H3. The molecular formula is C31H27Cl2NO4. The van der Waals surface area contributed by atoms with Gasteiger partial charge in [-0.05, 0) is 53.4 Å². The molecule has 0 bridgehead atoms. The number of carbonyl (C=O) groups is 2. The van der Waals surface area contributed by atoms with E-state index >= 15 is 0 Å². The molecular weight excluding hydrogens is 521 g/mol. The largest absolute Gasteiger partial charge is 0.497 e. The first-order valence-electron chi connectivity index (χ1n) is 12.3. The first-order valence-corrected chi connectivity index (χ1v) is 13.1. The first kappa shape index (κ1) is 26.1. The molecule has 5 nitrogen and oxygen atoms in total. The van der Waals surface area contributed by atoms with Crippen LogP contribution in [0.15, 0.2) is 95.6 Å². The maximum absolute atomic E-state index is 14.3. The molecule has 5 rings (SSSR count). The summed E-state index contributed by atoms with van der Waals surface area (Å²) < 4.78 is 11.8. The number of para-hydroxylation sites is 1. The minimum atomic E-state index is -0.668. The molecule has 3 aromatic carbocycles. The molecule has 1 aliphatic carbocycles. The van der Waals surface area contributed by atoms with Gasteiger partial charge in [-0.25, -0.2) is 0 Å². The molecule has 3 aromatic rings. The average Bonchev–Trinajstić information content (AvgIpc) is 2.87. The normalized spacial score (nSPS) is 18.6. The summed E-state index contributed by atoms with van der Waals surface area (Å²) in [6.45, 7) is 4.09. The van der Waals surface area contributed by atoms with Crippen LogP contribution < -0.4 is 10.1 Å². The molecule has 1 N–H and O–H groups in total. The van der Waals surface area contributed by atoms with Gasteiger partial charge < -0.3 is 14.8 Å². The van der Waals surface area contributed by atoms with Crippen LogP contribution in [0.4, 0.5) is 5.69 Å². The molecule has 0 saturated carbocycles. The predicted octanol–water partition coefficient (Wildman–Crippen LogP) is 7.97. The molecule has 1 heterocycles. The lowest BCUT2D eigenvalue weighted by atomic mass is 9.69. The summed E-state index contributed by atoms with van der Waals surface area (Å²) in [6, 6.07) is 21.6. The van der Waals surface area contributed by atoms with Gasteiger partial charge >= 0.3 is 0 Å². The Balaban J connectivity index is 1.75. The highest BCUT2D eigenvalue weighted by Gasteiger charge is 2.45. The second-order valence-electron chi connectivity index (χ2n) is 10.3. The topological polar surface area (TPSA) is 64.6 Å². The van der Waals surface area contributed by atoms with Crippen molar-refractivity contribution >= 4 is 40.5 Å². The summed E-state index contributed by atoms with van der Waals surface area (Å²) in [5.41, 5.74) is 2.31. The number of benzene rings is 3. The maximum atomic E-state index is 14.3. The van der Waals surface area contributed by atoms with Crippen molar-refractivity contribution in [3.63, 3.8) is 0 Å². The fourth-order valence-corrected chi connectivity index (χ4v) is 5.57. The highest BCUT2D eigenvalue weighted by atomic mass is 35.5. The van der Waals surface area contributed by atoms with Crippen LogP contribution in [0.5, 0.6) is 5.75 Å². The van der Waals surface area contributed by atoms with Crippen LogP contribution in [0.1, 0.15) is 48.5 Å². The third-order valence-electron chi connectivity index (χ3n) is 6.83. The number of halogens is 2. The monoisotopic (exact) mass is 547 g/mol. The zero-order chi connectivity index (χ0) is 27.0. The lowest BCUT2D eigenvalue weighted by Crippen LogP contribution is -2.35. The smallest absolute Gasteiger partial charge is 0.205 e. The number of nitrogens with one attached hydrogen (secondary N) is 1. The summed E-state index contributed by atoms with van der Waals surface area (Å²) in [6.07, 6.45) is 0.913. The van der Waals surface area contributed by atoms with Gasteiger partial charge in [-0.2, -0.15) is 0 Å². The van der Waals surface area contributed by atoms with E-state index in [2.05, 4.69) is 5.32 Å². The molecule has 0 radical (unpaired) electrons. The average molecular weight is 548 g/mol. The van der Waals surface area contributed by atoms with Crippen LogP contribution in [-0.4, -0.2) is 18.7 Å². The van der Waals surface area contributed by atoms with E-state index in [1.165, 1.54) is 6.07 Å². The Kier molecular flexibility index (Phi) is 7.08. The number of Topliss-reactive ketones (excluding diaryl/α,β-unsaturated/α-hetero) is 2. The zero-order valence-electron chi connectivity index (χ0n) is 21.3. The van der Waals surface area contributed by atoms with Gasteiger partial charge in [0.2, 0.25) is 5.88 Å². The lowest BCUT2D eigenvalue weighted by molar-refractivity contribution is -0.119. The number of carbonyl (C=O) groups excluding carboxylic acids is 2. The maximum Gasteiger partial charge on any atom is 0.205 e. The Morgan fingerprint density at radius 1 is 1.00 bits per heavy atom. The zero-order valence-corrected chi connectivity index (χ0v) is 22.8. The summed E-state index contributed by atoms with van der Waals surface area (Å²) in [4.78, 5) is 28.0. The van der Waals surface area contributed by atoms with Crippen molar-refractivity contribution in [2.45, 2.75) is 32.6 Å². The van der Waals surface area contributed by atoms with Crippen LogP contribution >= 0.6 is 23.2 Å². The van der Waals surface area contributed by atoms with Crippen molar-refractivity contribution in [1.82, 2.24) is 0 Å². The summed E-state index contributed by atoms with van der Waals surface area (Å²) in [5.74, 6) is 0.463. The molecule has 1 unspecified atom stereocenters. The van der Waals surface area contributed by atoms with Crippen molar-refractivity contribution in [2.75, 3.05) is 12.4 Å². The molecule has 1 aliphatic heterocycles. The fraction of sp³-hybridized carbons (Fsp3) is 0.226. The number of allylic oxidation sites excluding steroid dienone is 3. The van der Waals surface area contributed by atoms with E-state index in [9.17, 15) is 9.59 Å². The van der Waals surface area contributed by atoms with Crippen molar-refractivity contribution in [3.05, 3.63) is 117 Å². The second-order valence-corrected chi connectivity index (χ2v) is 11.1. The van der Waals surface area contributed by atoms with Crippen molar-refractivity contribution in [3.8, 4) is 5.75 Å². The lowest BCUT2D eigenvalue weighted by Gasteiger charge is -2.39. The summed E-state index contributed by atoms with van der Waals surface area (Å²) in [7, 11) is 1.59. The van der Waals surface area contributed by atoms with Gasteiger partial charge in [0, 0.05) is 34.7 Å². The van der Waals surface area contributed by atoms with Gasteiger partial charge in [0.05, 0.1) is 23.6 Å². The van der Waals surface area contributed by atoms with E-state index in [1.807, 2.05) is 68.4 Å². The minimum absolute atomic E-state index is 0.0386. The Morgan fingerprint density at radius 3 is 2.37 bits per heavy atom. The molecule has 1 atom stereocenters.